The Kier molecular flexibility index (Phi) is 7.99. The molecule has 42 heavy (non-hydrogen) atoms. The number of carboxylic acids is 1. The minimum absolute atomic E-state index is 0.0344. The Balaban J connectivity index is 0.000000517. The highest BCUT2D eigenvalue weighted by Crippen LogP contribution is 2.39. The molecule has 0 atom stereocenters. The number of benzene rings is 2. The third-order valence-corrected chi connectivity index (χ3v) is 5.73. The normalized spacial score (nSPS) is 13.7. The first-order valence-electron chi connectivity index (χ1n) is 11.6. The molecule has 2 aromatic heterocycles. The number of pyridine rings is 1. The lowest BCUT2D eigenvalue weighted by atomic mass is 10.2. The van der Waals surface area contributed by atoms with Gasteiger partial charge in [0.1, 0.15) is 29.4 Å². The zero-order valence-electron chi connectivity index (χ0n) is 21.2. The SMILES string of the molecule is COc1cc(Oc2ccnc3[nH]ccc23)ccc1N1C(=O)CN(c2cccc(C(F)(F)F)c2)C1=O.O=C(O)C(F)(F)F. The van der Waals surface area contributed by atoms with Crippen molar-refractivity contribution in [3.63, 3.8) is 0 Å². The summed E-state index contributed by atoms with van der Waals surface area (Å²) in [5.41, 5.74) is -0.159. The van der Waals surface area contributed by atoms with E-state index in [0.717, 1.165) is 27.3 Å². The van der Waals surface area contributed by atoms with E-state index in [1.165, 1.54) is 31.4 Å². The molecule has 2 aromatic carbocycles. The van der Waals surface area contributed by atoms with E-state index in [1.54, 1.807) is 24.5 Å². The van der Waals surface area contributed by atoms with Crippen LogP contribution in [0, 0.1) is 0 Å². The fourth-order valence-electron chi connectivity index (χ4n) is 3.85. The number of amides is 3. The maximum Gasteiger partial charge on any atom is 0.490 e. The molecule has 1 fully saturated rings. The second kappa shape index (κ2) is 11.3. The summed E-state index contributed by atoms with van der Waals surface area (Å²) in [6.45, 7) is -0.413. The molecule has 4 aromatic rings. The van der Waals surface area contributed by atoms with Crippen molar-refractivity contribution >= 4 is 40.3 Å². The first-order chi connectivity index (χ1) is 19.7. The number of aliphatic carboxylic acids is 1. The number of aromatic nitrogens is 2. The van der Waals surface area contributed by atoms with Crippen LogP contribution in [0.15, 0.2) is 67.0 Å². The van der Waals surface area contributed by atoms with Gasteiger partial charge in [0.15, 0.2) is 0 Å². The topological polar surface area (TPSA) is 125 Å². The van der Waals surface area contributed by atoms with Crippen LogP contribution in [0.2, 0.25) is 0 Å². The molecule has 0 aliphatic carbocycles. The molecular formula is C26H18F6N4O6. The summed E-state index contributed by atoms with van der Waals surface area (Å²) < 4.78 is 82.4. The number of anilines is 2. The van der Waals surface area contributed by atoms with Gasteiger partial charge in [0.05, 0.1) is 23.7 Å². The average molecular weight is 596 g/mol. The summed E-state index contributed by atoms with van der Waals surface area (Å²) in [6, 6.07) is 11.5. The minimum atomic E-state index is -5.08. The van der Waals surface area contributed by atoms with Crippen molar-refractivity contribution in [2.24, 2.45) is 0 Å². The van der Waals surface area contributed by atoms with Crippen LogP contribution in [0.4, 0.5) is 42.5 Å². The number of fused-ring (bicyclic) bond motifs is 1. The summed E-state index contributed by atoms with van der Waals surface area (Å²) in [4.78, 5) is 43.8. The molecule has 0 unspecified atom stereocenters. The standard InChI is InChI=1S/C24H17F3N4O4.C2HF3O2/c1-34-20-12-16(35-19-8-10-29-22-17(19)7-9-28-22)5-6-18(20)31-21(32)13-30(23(31)33)15-4-2-3-14(11-15)24(25,26)27;3-2(4,5)1(6)7/h2-12H,13H2,1H3,(H,28,29);(H,6,7). The van der Waals surface area contributed by atoms with Crippen LogP contribution in [-0.2, 0) is 15.8 Å². The molecule has 3 amide bonds. The van der Waals surface area contributed by atoms with Gasteiger partial charge in [-0.3, -0.25) is 9.69 Å². The smallest absolute Gasteiger partial charge is 0.490 e. The Morgan fingerprint density at radius 2 is 1.71 bits per heavy atom. The molecule has 0 radical (unpaired) electrons. The van der Waals surface area contributed by atoms with Crippen molar-refractivity contribution in [1.82, 2.24) is 9.97 Å². The quantitative estimate of drug-likeness (QED) is 0.214. The number of nitrogens with zero attached hydrogens (tertiary/aromatic N) is 3. The predicted molar refractivity (Wildman–Crippen MR) is 135 cm³/mol. The maximum absolute atomic E-state index is 13.1. The Labute approximate surface area is 231 Å². The Morgan fingerprint density at radius 3 is 2.36 bits per heavy atom. The van der Waals surface area contributed by atoms with Crippen molar-refractivity contribution in [1.29, 1.82) is 0 Å². The van der Waals surface area contributed by atoms with E-state index in [0.29, 0.717) is 17.1 Å². The molecule has 0 spiro atoms. The van der Waals surface area contributed by atoms with E-state index in [9.17, 15) is 35.9 Å². The van der Waals surface area contributed by atoms with Crippen LogP contribution in [0.5, 0.6) is 17.2 Å². The van der Waals surface area contributed by atoms with Crippen molar-refractivity contribution in [3.8, 4) is 17.2 Å². The van der Waals surface area contributed by atoms with Crippen molar-refractivity contribution in [3.05, 3.63) is 72.6 Å². The number of methoxy groups -OCH3 is 1. The lowest BCUT2D eigenvalue weighted by molar-refractivity contribution is -0.192. The van der Waals surface area contributed by atoms with Crippen LogP contribution in [-0.4, -0.2) is 52.8 Å². The van der Waals surface area contributed by atoms with Gasteiger partial charge in [-0.1, -0.05) is 6.07 Å². The Morgan fingerprint density at radius 1 is 1.00 bits per heavy atom. The van der Waals surface area contributed by atoms with Gasteiger partial charge in [-0.2, -0.15) is 26.3 Å². The van der Waals surface area contributed by atoms with Crippen LogP contribution in [0.3, 0.4) is 0 Å². The highest BCUT2D eigenvalue weighted by Gasteiger charge is 2.41. The number of hydrogen-bond donors (Lipinski definition) is 2. The van der Waals surface area contributed by atoms with Crippen LogP contribution >= 0.6 is 0 Å². The van der Waals surface area contributed by atoms with Crippen molar-refractivity contribution in [2.75, 3.05) is 23.5 Å². The van der Waals surface area contributed by atoms with Crippen LogP contribution < -0.4 is 19.3 Å². The van der Waals surface area contributed by atoms with Crippen molar-refractivity contribution in [2.45, 2.75) is 12.4 Å². The van der Waals surface area contributed by atoms with Crippen LogP contribution in [0.1, 0.15) is 5.56 Å². The summed E-state index contributed by atoms with van der Waals surface area (Å²) in [7, 11) is 1.37. The predicted octanol–water partition coefficient (Wildman–Crippen LogP) is 5.99. The summed E-state index contributed by atoms with van der Waals surface area (Å²) in [6.07, 6.45) is -6.35. The number of carboxylic acid groups (broad SMARTS) is 1. The van der Waals surface area contributed by atoms with Gasteiger partial charge in [0, 0.05) is 24.1 Å². The molecule has 3 heterocycles. The highest BCUT2D eigenvalue weighted by atomic mass is 19.4. The molecule has 1 aliphatic heterocycles. The minimum Gasteiger partial charge on any atom is -0.494 e. The number of hydrogen-bond acceptors (Lipinski definition) is 6. The highest BCUT2D eigenvalue weighted by molar-refractivity contribution is 6.27. The fourth-order valence-corrected chi connectivity index (χ4v) is 3.85. The molecule has 220 valence electrons. The van der Waals surface area contributed by atoms with Gasteiger partial charge < -0.3 is 19.6 Å². The largest absolute Gasteiger partial charge is 0.494 e. The van der Waals surface area contributed by atoms with Gasteiger partial charge in [-0.25, -0.2) is 19.5 Å². The zero-order valence-corrected chi connectivity index (χ0v) is 21.2. The van der Waals surface area contributed by atoms with E-state index in [1.807, 2.05) is 6.07 Å². The number of halogens is 6. The van der Waals surface area contributed by atoms with E-state index < -0.39 is 42.4 Å². The number of ether oxygens (including phenoxy) is 2. The number of aromatic amines is 1. The average Bonchev–Trinajstić information content (AvgIpc) is 3.53. The molecule has 10 nitrogen and oxygen atoms in total. The third-order valence-electron chi connectivity index (χ3n) is 5.73. The number of H-pyrrole nitrogens is 1. The molecule has 0 saturated carbocycles. The summed E-state index contributed by atoms with van der Waals surface area (Å²) in [5.74, 6) is -2.27. The maximum atomic E-state index is 13.1. The first-order valence-corrected chi connectivity index (χ1v) is 11.6. The van der Waals surface area contributed by atoms with E-state index in [2.05, 4.69) is 9.97 Å². The Bertz CT molecular complexity index is 1650. The molecule has 2 N–H and O–H groups in total. The number of alkyl halides is 6. The number of nitrogens with one attached hydrogen (secondary N) is 1. The lowest BCUT2D eigenvalue weighted by Crippen LogP contribution is -2.33. The Hall–Kier alpha value is -5.28. The third kappa shape index (κ3) is 6.21. The first kappa shape index (κ1) is 29.7. The number of imide groups is 1. The molecule has 1 aliphatic rings. The fraction of sp³-hybridized carbons (Fsp3) is 0.154. The molecule has 0 bridgehead atoms. The van der Waals surface area contributed by atoms with Gasteiger partial charge in [0.25, 0.3) is 5.91 Å². The molecule has 16 heteroatoms. The van der Waals surface area contributed by atoms with E-state index in [4.69, 9.17) is 19.4 Å². The number of urea groups is 1. The number of carbonyl (C=O) groups excluding carboxylic acids is 2. The van der Waals surface area contributed by atoms with Crippen LogP contribution in [0.25, 0.3) is 11.0 Å². The summed E-state index contributed by atoms with van der Waals surface area (Å²) >= 11 is 0. The second-order valence-electron chi connectivity index (χ2n) is 8.43. The number of rotatable bonds is 5. The van der Waals surface area contributed by atoms with Gasteiger partial charge in [-0.05, 0) is 42.5 Å². The molecule has 5 rings (SSSR count). The van der Waals surface area contributed by atoms with E-state index >= 15 is 0 Å². The van der Waals surface area contributed by atoms with Gasteiger partial charge >= 0.3 is 24.4 Å². The molecular weight excluding hydrogens is 578 g/mol. The second-order valence-corrected chi connectivity index (χ2v) is 8.43. The van der Waals surface area contributed by atoms with E-state index in [-0.39, 0.29) is 17.1 Å². The van der Waals surface area contributed by atoms with Crippen molar-refractivity contribution < 1.29 is 55.3 Å². The monoisotopic (exact) mass is 596 g/mol. The summed E-state index contributed by atoms with van der Waals surface area (Å²) in [5, 5.41) is 7.89. The van der Waals surface area contributed by atoms with Gasteiger partial charge in [-0.15, -0.1) is 0 Å². The number of carbonyl (C=O) groups is 3. The lowest BCUT2D eigenvalue weighted by Gasteiger charge is -2.20. The zero-order chi connectivity index (χ0) is 30.8. The molecule has 1 saturated heterocycles. The van der Waals surface area contributed by atoms with Gasteiger partial charge in [0.2, 0.25) is 0 Å².